The lowest BCUT2D eigenvalue weighted by Gasteiger charge is -2.18. The number of likely N-dealkylation sites (N-methyl/N-ethyl adjacent to an activating group) is 1. The van der Waals surface area contributed by atoms with E-state index in [9.17, 15) is 0 Å². The smallest absolute Gasteiger partial charge is 0.123 e. The van der Waals surface area contributed by atoms with E-state index in [0.717, 1.165) is 44.8 Å². The number of rotatable bonds is 11. The van der Waals surface area contributed by atoms with Crippen molar-refractivity contribution in [3.8, 4) is 5.75 Å². The molecule has 3 heteroatoms. The topological polar surface area (TPSA) is 24.5 Å². The highest BCUT2D eigenvalue weighted by Gasteiger charge is 2.04. The van der Waals surface area contributed by atoms with Gasteiger partial charge in [0.25, 0.3) is 0 Å². The average molecular weight is 290 g/mol. The SMILES string of the molecule is C=CCCCN(C)CCOc1ccccc1CNC(C)C. The van der Waals surface area contributed by atoms with Gasteiger partial charge in [-0.2, -0.15) is 0 Å². The summed E-state index contributed by atoms with van der Waals surface area (Å²) in [6.45, 7) is 11.7. The third-order valence-corrected chi connectivity index (χ3v) is 3.35. The molecule has 0 fully saturated rings. The Kier molecular flexibility index (Phi) is 8.79. The fourth-order valence-corrected chi connectivity index (χ4v) is 2.03. The molecular formula is C18H30N2O. The van der Waals surface area contributed by atoms with Crippen molar-refractivity contribution in [2.45, 2.75) is 39.3 Å². The van der Waals surface area contributed by atoms with Crippen molar-refractivity contribution < 1.29 is 4.74 Å². The molecule has 0 aliphatic carbocycles. The van der Waals surface area contributed by atoms with Gasteiger partial charge in [0.15, 0.2) is 0 Å². The third kappa shape index (κ3) is 7.88. The lowest BCUT2D eigenvalue weighted by molar-refractivity contribution is 0.234. The van der Waals surface area contributed by atoms with Crippen molar-refractivity contribution >= 4 is 0 Å². The number of hydrogen-bond acceptors (Lipinski definition) is 3. The Morgan fingerprint density at radius 2 is 2.05 bits per heavy atom. The van der Waals surface area contributed by atoms with Gasteiger partial charge in [0.2, 0.25) is 0 Å². The second kappa shape index (κ2) is 10.4. The summed E-state index contributed by atoms with van der Waals surface area (Å²) in [5.74, 6) is 0.991. The lowest BCUT2D eigenvalue weighted by Crippen LogP contribution is -2.26. The standard InChI is InChI=1S/C18H30N2O/c1-5-6-9-12-20(4)13-14-21-18-11-8-7-10-17(18)15-19-16(2)3/h5,7-8,10-11,16,19H,1,6,9,12-15H2,2-4H3. The van der Waals surface area contributed by atoms with Crippen LogP contribution in [0.3, 0.4) is 0 Å². The number of para-hydroxylation sites is 1. The number of nitrogens with one attached hydrogen (secondary N) is 1. The highest BCUT2D eigenvalue weighted by Crippen LogP contribution is 2.17. The van der Waals surface area contributed by atoms with Gasteiger partial charge >= 0.3 is 0 Å². The molecule has 0 bridgehead atoms. The Morgan fingerprint density at radius 3 is 2.76 bits per heavy atom. The third-order valence-electron chi connectivity index (χ3n) is 3.35. The molecule has 1 aromatic carbocycles. The van der Waals surface area contributed by atoms with Gasteiger partial charge < -0.3 is 15.0 Å². The molecule has 3 nitrogen and oxygen atoms in total. The summed E-state index contributed by atoms with van der Waals surface area (Å²) in [5, 5.41) is 3.44. The number of hydrogen-bond donors (Lipinski definition) is 1. The fourth-order valence-electron chi connectivity index (χ4n) is 2.03. The normalized spacial score (nSPS) is 11.1. The van der Waals surface area contributed by atoms with E-state index in [1.807, 2.05) is 12.1 Å². The summed E-state index contributed by atoms with van der Waals surface area (Å²) in [6, 6.07) is 8.75. The predicted octanol–water partition coefficient (Wildman–Crippen LogP) is 3.46. The Hall–Kier alpha value is -1.32. The molecule has 0 aliphatic heterocycles. The highest BCUT2D eigenvalue weighted by molar-refractivity contribution is 5.33. The molecule has 1 aromatic rings. The van der Waals surface area contributed by atoms with E-state index < -0.39 is 0 Å². The monoisotopic (exact) mass is 290 g/mol. The van der Waals surface area contributed by atoms with Crippen LogP contribution in [0.1, 0.15) is 32.3 Å². The summed E-state index contributed by atoms with van der Waals surface area (Å²) < 4.78 is 5.94. The number of unbranched alkanes of at least 4 members (excludes halogenated alkanes) is 1. The first-order chi connectivity index (χ1) is 10.1. The molecule has 0 saturated heterocycles. The average Bonchev–Trinajstić information content (AvgIpc) is 2.46. The van der Waals surface area contributed by atoms with Gasteiger partial charge in [-0.1, -0.05) is 38.1 Å². The summed E-state index contributed by atoms with van der Waals surface area (Å²) in [4.78, 5) is 2.30. The van der Waals surface area contributed by atoms with Gasteiger partial charge in [-0.25, -0.2) is 0 Å². The van der Waals surface area contributed by atoms with Gasteiger partial charge in [0.05, 0.1) is 0 Å². The molecule has 0 heterocycles. The minimum atomic E-state index is 0.481. The maximum absolute atomic E-state index is 5.94. The molecule has 0 spiro atoms. The molecule has 1 rings (SSSR count). The molecule has 0 unspecified atom stereocenters. The van der Waals surface area contributed by atoms with Gasteiger partial charge in [-0.3, -0.25) is 0 Å². The second-order valence-corrected chi connectivity index (χ2v) is 5.73. The maximum Gasteiger partial charge on any atom is 0.123 e. The summed E-state index contributed by atoms with van der Waals surface area (Å²) in [5.41, 5.74) is 1.22. The van der Waals surface area contributed by atoms with Crippen molar-refractivity contribution in [1.29, 1.82) is 0 Å². The Labute approximate surface area is 130 Å². The van der Waals surface area contributed by atoms with Gasteiger partial charge in [-0.15, -0.1) is 6.58 Å². The first-order valence-corrected chi connectivity index (χ1v) is 7.87. The van der Waals surface area contributed by atoms with Crippen LogP contribution in [-0.4, -0.2) is 37.7 Å². The van der Waals surface area contributed by atoms with E-state index in [-0.39, 0.29) is 0 Å². The first-order valence-electron chi connectivity index (χ1n) is 7.87. The quantitative estimate of drug-likeness (QED) is 0.499. The van der Waals surface area contributed by atoms with Crippen molar-refractivity contribution in [2.24, 2.45) is 0 Å². The van der Waals surface area contributed by atoms with E-state index in [1.54, 1.807) is 0 Å². The van der Waals surface area contributed by atoms with E-state index in [0.29, 0.717) is 6.04 Å². The second-order valence-electron chi connectivity index (χ2n) is 5.73. The summed E-state index contributed by atoms with van der Waals surface area (Å²) in [6.07, 6.45) is 4.21. The first kappa shape index (κ1) is 17.7. The molecule has 0 aromatic heterocycles. The maximum atomic E-state index is 5.94. The summed E-state index contributed by atoms with van der Waals surface area (Å²) in [7, 11) is 2.14. The zero-order chi connectivity index (χ0) is 15.5. The molecule has 0 radical (unpaired) electrons. The highest BCUT2D eigenvalue weighted by atomic mass is 16.5. The van der Waals surface area contributed by atoms with Crippen LogP contribution in [0.15, 0.2) is 36.9 Å². The van der Waals surface area contributed by atoms with Crippen molar-refractivity contribution in [2.75, 3.05) is 26.7 Å². The largest absolute Gasteiger partial charge is 0.492 e. The van der Waals surface area contributed by atoms with Crippen LogP contribution in [-0.2, 0) is 6.54 Å². The van der Waals surface area contributed by atoms with Crippen LogP contribution in [0.2, 0.25) is 0 Å². The molecular weight excluding hydrogens is 260 g/mol. The number of nitrogens with zero attached hydrogens (tertiary/aromatic N) is 1. The van der Waals surface area contributed by atoms with Crippen molar-refractivity contribution in [1.82, 2.24) is 10.2 Å². The fraction of sp³-hybridized carbons (Fsp3) is 0.556. The molecule has 21 heavy (non-hydrogen) atoms. The summed E-state index contributed by atoms with van der Waals surface area (Å²) >= 11 is 0. The Balaban J connectivity index is 2.35. The molecule has 0 aliphatic rings. The number of ether oxygens (including phenoxy) is 1. The van der Waals surface area contributed by atoms with Gasteiger partial charge in [0.1, 0.15) is 12.4 Å². The van der Waals surface area contributed by atoms with E-state index in [1.165, 1.54) is 5.56 Å². The zero-order valence-corrected chi connectivity index (χ0v) is 13.8. The Morgan fingerprint density at radius 1 is 1.29 bits per heavy atom. The Bertz CT molecular complexity index is 404. The van der Waals surface area contributed by atoms with Crippen LogP contribution in [0, 0.1) is 0 Å². The van der Waals surface area contributed by atoms with Crippen molar-refractivity contribution in [3.05, 3.63) is 42.5 Å². The van der Waals surface area contributed by atoms with E-state index >= 15 is 0 Å². The number of allylic oxidation sites excluding steroid dienone is 1. The van der Waals surface area contributed by atoms with Crippen LogP contribution >= 0.6 is 0 Å². The molecule has 0 amide bonds. The van der Waals surface area contributed by atoms with Crippen LogP contribution < -0.4 is 10.1 Å². The molecule has 0 saturated carbocycles. The van der Waals surface area contributed by atoms with Crippen LogP contribution in [0.25, 0.3) is 0 Å². The van der Waals surface area contributed by atoms with E-state index in [4.69, 9.17) is 4.74 Å². The molecule has 1 N–H and O–H groups in total. The van der Waals surface area contributed by atoms with Crippen LogP contribution in [0.5, 0.6) is 5.75 Å². The van der Waals surface area contributed by atoms with Gasteiger partial charge in [0, 0.05) is 24.7 Å². The van der Waals surface area contributed by atoms with Gasteiger partial charge in [-0.05, 0) is 32.5 Å². The van der Waals surface area contributed by atoms with Crippen LogP contribution in [0.4, 0.5) is 0 Å². The lowest BCUT2D eigenvalue weighted by atomic mass is 10.2. The minimum Gasteiger partial charge on any atom is -0.492 e. The molecule has 118 valence electrons. The minimum absolute atomic E-state index is 0.481. The molecule has 0 atom stereocenters. The predicted molar refractivity (Wildman–Crippen MR) is 90.8 cm³/mol. The van der Waals surface area contributed by atoms with E-state index in [2.05, 4.69) is 55.9 Å². The van der Waals surface area contributed by atoms with Crippen molar-refractivity contribution in [3.63, 3.8) is 0 Å². The number of benzene rings is 1. The zero-order valence-electron chi connectivity index (χ0n) is 13.8.